The molecule has 0 atom stereocenters. The third kappa shape index (κ3) is 8.54. The zero-order valence-electron chi connectivity index (χ0n) is 36.7. The van der Waals surface area contributed by atoms with E-state index >= 15 is 0 Å². The SMILES string of the molecule is N#Cc1cccc(-c2cc[c]([Ge]([c]3ccc(-c4cccc(C#N)c4)cc3)([c]3ccc(N(c4ccccc4)c4ccccc4)cc3)[c]3ccc(N(c4ccccc4)c4ccccc4)cc3)cc2)c1. The average molecular weight is 918 g/mol. The Morgan fingerprint density at radius 3 is 0.806 bits per heavy atom. The summed E-state index contributed by atoms with van der Waals surface area (Å²) in [6, 6.07) is 99.1. The second-order valence-electron chi connectivity index (χ2n) is 16.4. The van der Waals surface area contributed by atoms with Crippen LogP contribution in [0.2, 0.25) is 0 Å². The Morgan fingerprint density at radius 2 is 0.522 bits per heavy atom. The molecule has 4 nitrogen and oxygen atoms in total. The Morgan fingerprint density at radius 1 is 0.254 bits per heavy atom. The molecule has 0 saturated carbocycles. The average Bonchev–Trinajstić information content (AvgIpc) is 3.41. The Bertz CT molecular complexity index is 3020. The molecule has 5 heteroatoms. The van der Waals surface area contributed by atoms with E-state index in [0.29, 0.717) is 11.1 Å². The molecule has 0 amide bonds. The van der Waals surface area contributed by atoms with Gasteiger partial charge in [-0.15, -0.1) is 0 Å². The molecule has 0 unspecified atom stereocenters. The fourth-order valence-electron chi connectivity index (χ4n) is 9.29. The number of nitrogens with zero attached hydrogens (tertiary/aromatic N) is 4. The van der Waals surface area contributed by atoms with Gasteiger partial charge in [-0.25, -0.2) is 0 Å². The van der Waals surface area contributed by atoms with Crippen molar-refractivity contribution < 1.29 is 0 Å². The normalized spacial score (nSPS) is 11.0. The Balaban J connectivity index is 1.19. The molecular weight excluding hydrogens is 873 g/mol. The van der Waals surface area contributed by atoms with Gasteiger partial charge in [0.2, 0.25) is 0 Å². The van der Waals surface area contributed by atoms with Crippen LogP contribution in [0.15, 0.2) is 267 Å². The van der Waals surface area contributed by atoms with Crippen LogP contribution in [0.25, 0.3) is 22.3 Å². The first-order valence-electron chi connectivity index (χ1n) is 22.4. The first-order chi connectivity index (χ1) is 33.1. The van der Waals surface area contributed by atoms with Gasteiger partial charge in [0.15, 0.2) is 0 Å². The van der Waals surface area contributed by atoms with E-state index in [1.165, 1.54) is 17.6 Å². The topological polar surface area (TPSA) is 54.1 Å². The van der Waals surface area contributed by atoms with Gasteiger partial charge in [0, 0.05) is 0 Å². The van der Waals surface area contributed by atoms with Crippen molar-refractivity contribution >= 4 is 65.0 Å². The van der Waals surface area contributed by atoms with Crippen molar-refractivity contribution in [2.24, 2.45) is 0 Å². The number of hydrogen-bond donors (Lipinski definition) is 0. The van der Waals surface area contributed by atoms with Crippen molar-refractivity contribution in [3.05, 3.63) is 278 Å². The number of rotatable bonds is 12. The molecule has 0 heterocycles. The van der Waals surface area contributed by atoms with Gasteiger partial charge in [-0.2, -0.15) is 0 Å². The summed E-state index contributed by atoms with van der Waals surface area (Å²) in [4.78, 5) is 4.62. The second kappa shape index (κ2) is 19.2. The summed E-state index contributed by atoms with van der Waals surface area (Å²) < 4.78 is 5.09. The molecule has 0 spiro atoms. The molecule has 0 N–H and O–H groups in total. The van der Waals surface area contributed by atoms with E-state index in [0.717, 1.165) is 56.4 Å². The van der Waals surface area contributed by atoms with E-state index < -0.39 is 13.3 Å². The van der Waals surface area contributed by atoms with Gasteiger partial charge in [-0.1, -0.05) is 0 Å². The summed E-state index contributed by atoms with van der Waals surface area (Å²) in [7, 11) is 0. The van der Waals surface area contributed by atoms with Crippen LogP contribution in [0.5, 0.6) is 0 Å². The van der Waals surface area contributed by atoms with Gasteiger partial charge >= 0.3 is 398 Å². The van der Waals surface area contributed by atoms with Gasteiger partial charge < -0.3 is 0 Å². The predicted octanol–water partition coefficient (Wildman–Crippen LogP) is 13.1. The minimum absolute atomic E-state index is 0.634. The van der Waals surface area contributed by atoms with E-state index in [1.807, 2.05) is 36.4 Å². The molecule has 0 bridgehead atoms. The Labute approximate surface area is 395 Å². The summed E-state index contributed by atoms with van der Waals surface area (Å²) >= 11 is -3.98. The summed E-state index contributed by atoms with van der Waals surface area (Å²) in [5.41, 5.74) is 11.8. The van der Waals surface area contributed by atoms with Crippen molar-refractivity contribution in [2.75, 3.05) is 9.80 Å². The van der Waals surface area contributed by atoms with Crippen LogP contribution >= 0.6 is 0 Å². The zero-order chi connectivity index (χ0) is 45.4. The predicted molar refractivity (Wildman–Crippen MR) is 280 cm³/mol. The zero-order valence-corrected chi connectivity index (χ0v) is 38.8. The molecule has 0 aliphatic heterocycles. The first kappa shape index (κ1) is 42.3. The van der Waals surface area contributed by atoms with Crippen molar-refractivity contribution in [3.63, 3.8) is 0 Å². The standard InChI is InChI=1S/C62H44GeN4/c64-45-47-15-13-17-51(43-47)49-27-31-53(32-28-49)63(54-33-29-50(30-34-54)52-18-14-16-48(44-52)46-65,55-35-39-61(40-36-55)66(57-19-5-1-6-20-57)58-21-7-2-8-22-58)56-37-41-62(42-38-56)67(59-23-9-3-10-24-59)60-25-11-4-12-26-60/h1-44H. The van der Waals surface area contributed by atoms with E-state index in [1.54, 1.807) is 0 Å². The molecule has 10 rings (SSSR count). The third-order valence-electron chi connectivity index (χ3n) is 12.5. The molecule has 0 aliphatic carbocycles. The number of benzene rings is 10. The fraction of sp³-hybridized carbons (Fsp3) is 0. The van der Waals surface area contributed by atoms with Gasteiger partial charge in [-0.3, -0.25) is 0 Å². The minimum atomic E-state index is -3.98. The second-order valence-corrected chi connectivity index (χ2v) is 24.4. The molecule has 10 aromatic carbocycles. The van der Waals surface area contributed by atoms with Crippen LogP contribution in [0.1, 0.15) is 11.1 Å². The molecule has 316 valence electrons. The van der Waals surface area contributed by atoms with Crippen molar-refractivity contribution in [1.82, 2.24) is 0 Å². The number of nitriles is 2. The van der Waals surface area contributed by atoms with Crippen LogP contribution in [0.4, 0.5) is 34.1 Å². The van der Waals surface area contributed by atoms with E-state index in [4.69, 9.17) is 0 Å². The summed E-state index contributed by atoms with van der Waals surface area (Å²) in [6.07, 6.45) is 0. The summed E-state index contributed by atoms with van der Waals surface area (Å²) in [5.74, 6) is 0. The summed E-state index contributed by atoms with van der Waals surface area (Å²) in [6.45, 7) is 0. The van der Waals surface area contributed by atoms with E-state index in [2.05, 4.69) is 252 Å². The Hall–Kier alpha value is -8.68. The van der Waals surface area contributed by atoms with Gasteiger partial charge in [0.05, 0.1) is 0 Å². The molecule has 0 saturated heterocycles. The number of anilines is 6. The monoisotopic (exact) mass is 918 g/mol. The number of para-hydroxylation sites is 4. The molecule has 0 aliphatic rings. The van der Waals surface area contributed by atoms with Gasteiger partial charge in [0.25, 0.3) is 0 Å². The maximum atomic E-state index is 9.76. The fourth-order valence-corrected chi connectivity index (χ4v) is 19.1. The van der Waals surface area contributed by atoms with Crippen molar-refractivity contribution in [1.29, 1.82) is 10.5 Å². The quantitative estimate of drug-likeness (QED) is 0.115. The Kier molecular flexibility index (Phi) is 12.1. The molecule has 10 aromatic rings. The van der Waals surface area contributed by atoms with E-state index in [-0.39, 0.29) is 0 Å². The molecular formula is C62H44GeN4. The van der Waals surface area contributed by atoms with Gasteiger partial charge in [-0.05, 0) is 0 Å². The van der Waals surface area contributed by atoms with Gasteiger partial charge in [0.1, 0.15) is 0 Å². The van der Waals surface area contributed by atoms with Crippen LogP contribution in [-0.2, 0) is 0 Å². The van der Waals surface area contributed by atoms with Crippen LogP contribution in [0, 0.1) is 22.7 Å². The van der Waals surface area contributed by atoms with Crippen LogP contribution in [-0.4, -0.2) is 13.3 Å². The maximum absolute atomic E-state index is 9.76. The molecule has 0 radical (unpaired) electrons. The number of hydrogen-bond acceptors (Lipinski definition) is 4. The molecule has 67 heavy (non-hydrogen) atoms. The van der Waals surface area contributed by atoms with Crippen molar-refractivity contribution in [3.8, 4) is 34.4 Å². The van der Waals surface area contributed by atoms with E-state index in [9.17, 15) is 10.5 Å². The first-order valence-corrected chi connectivity index (χ1v) is 26.6. The summed E-state index contributed by atoms with van der Waals surface area (Å²) in [5, 5.41) is 19.5. The van der Waals surface area contributed by atoms with Crippen LogP contribution < -0.4 is 27.4 Å². The van der Waals surface area contributed by atoms with Crippen LogP contribution in [0.3, 0.4) is 0 Å². The molecule has 0 fully saturated rings. The molecule has 0 aromatic heterocycles. The van der Waals surface area contributed by atoms with Crippen molar-refractivity contribution in [2.45, 2.75) is 0 Å². The third-order valence-corrected chi connectivity index (χ3v) is 22.5.